The first-order valence-corrected chi connectivity index (χ1v) is 8.60. The summed E-state index contributed by atoms with van der Waals surface area (Å²) in [5.74, 6) is -0.419. The Morgan fingerprint density at radius 3 is 2.46 bits per heavy atom. The van der Waals surface area contributed by atoms with E-state index in [2.05, 4.69) is 16.0 Å². The smallest absolute Gasteiger partial charge is 0.250 e. The van der Waals surface area contributed by atoms with E-state index in [1.807, 2.05) is 30.3 Å². The summed E-state index contributed by atoms with van der Waals surface area (Å²) in [7, 11) is 1.60. The first-order valence-electron chi connectivity index (χ1n) is 7.82. The maximum Gasteiger partial charge on any atom is 0.250 e. The van der Waals surface area contributed by atoms with E-state index in [0.717, 1.165) is 11.1 Å². The van der Waals surface area contributed by atoms with Gasteiger partial charge in [-0.3, -0.25) is 14.9 Å². The molecule has 0 aromatic heterocycles. The van der Waals surface area contributed by atoms with E-state index in [9.17, 15) is 9.59 Å². The van der Waals surface area contributed by atoms with Crippen molar-refractivity contribution in [1.82, 2.24) is 10.6 Å². The Labute approximate surface area is 162 Å². The molecule has 2 amide bonds. The highest BCUT2D eigenvalue weighted by molar-refractivity contribution is 7.80. The first kappa shape index (κ1) is 19.6. The van der Waals surface area contributed by atoms with Crippen LogP contribution in [0.5, 0.6) is 0 Å². The molecule has 0 fully saturated rings. The highest BCUT2D eigenvalue weighted by atomic mass is 35.5. The molecule has 134 valence electrons. The zero-order valence-corrected chi connectivity index (χ0v) is 15.7. The van der Waals surface area contributed by atoms with Gasteiger partial charge in [-0.2, -0.15) is 0 Å². The van der Waals surface area contributed by atoms with Gasteiger partial charge in [0.15, 0.2) is 5.11 Å². The van der Waals surface area contributed by atoms with Gasteiger partial charge >= 0.3 is 0 Å². The lowest BCUT2D eigenvalue weighted by atomic mass is 10.1. The van der Waals surface area contributed by atoms with Crippen molar-refractivity contribution in [3.63, 3.8) is 0 Å². The van der Waals surface area contributed by atoms with Crippen molar-refractivity contribution >= 4 is 52.5 Å². The Balaban J connectivity index is 1.87. The summed E-state index contributed by atoms with van der Waals surface area (Å²) in [4.78, 5) is 23.3. The third-order valence-corrected chi connectivity index (χ3v) is 3.96. The van der Waals surface area contributed by atoms with Crippen LogP contribution in [-0.2, 0) is 16.0 Å². The quantitative estimate of drug-likeness (QED) is 0.544. The maximum absolute atomic E-state index is 11.9. The van der Waals surface area contributed by atoms with Crippen molar-refractivity contribution in [3.05, 3.63) is 70.8 Å². The van der Waals surface area contributed by atoms with Gasteiger partial charge in [0.1, 0.15) is 0 Å². The Hall–Kier alpha value is -2.70. The van der Waals surface area contributed by atoms with Crippen molar-refractivity contribution < 1.29 is 9.59 Å². The van der Waals surface area contributed by atoms with Crippen LogP contribution in [0.15, 0.2) is 54.6 Å². The summed E-state index contributed by atoms with van der Waals surface area (Å²) in [6.45, 7) is 0. The second-order valence-electron chi connectivity index (χ2n) is 5.35. The molecule has 0 spiro atoms. The number of thiocarbonyl (C=S) groups is 1. The third kappa shape index (κ3) is 6.31. The van der Waals surface area contributed by atoms with Crippen molar-refractivity contribution in [3.8, 4) is 0 Å². The van der Waals surface area contributed by atoms with Crippen LogP contribution in [0.25, 0.3) is 6.08 Å². The molecule has 2 aromatic rings. The summed E-state index contributed by atoms with van der Waals surface area (Å²) >= 11 is 11.2. The lowest BCUT2D eigenvalue weighted by Crippen LogP contribution is -2.32. The number of nitrogens with one attached hydrogen (secondary N) is 3. The number of anilines is 1. The first-order chi connectivity index (χ1) is 12.5. The highest BCUT2D eigenvalue weighted by Gasteiger charge is 2.04. The molecule has 2 aromatic carbocycles. The fourth-order valence-electron chi connectivity index (χ4n) is 2.07. The molecule has 2 rings (SSSR count). The van der Waals surface area contributed by atoms with Crippen molar-refractivity contribution in [2.24, 2.45) is 0 Å². The summed E-state index contributed by atoms with van der Waals surface area (Å²) in [6.07, 6.45) is 3.29. The number of benzene rings is 2. The van der Waals surface area contributed by atoms with Crippen LogP contribution in [0.3, 0.4) is 0 Å². The number of halogens is 1. The molecule has 0 unspecified atom stereocenters. The van der Waals surface area contributed by atoms with E-state index < -0.39 is 0 Å². The lowest BCUT2D eigenvalue weighted by molar-refractivity contribution is -0.120. The number of rotatable bonds is 5. The Morgan fingerprint density at radius 1 is 1.12 bits per heavy atom. The van der Waals surface area contributed by atoms with Gasteiger partial charge in [0.25, 0.3) is 0 Å². The van der Waals surface area contributed by atoms with Crippen LogP contribution in [0.4, 0.5) is 5.69 Å². The maximum atomic E-state index is 11.9. The molecule has 0 aliphatic heterocycles. The zero-order chi connectivity index (χ0) is 18.9. The van der Waals surface area contributed by atoms with Gasteiger partial charge < -0.3 is 10.6 Å². The van der Waals surface area contributed by atoms with Gasteiger partial charge in [0.05, 0.1) is 6.42 Å². The molecule has 0 aliphatic carbocycles. The number of carbonyl (C=O) groups excluding carboxylic acids is 2. The van der Waals surface area contributed by atoms with E-state index in [4.69, 9.17) is 23.8 Å². The molecule has 3 N–H and O–H groups in total. The molecule has 0 heterocycles. The van der Waals surface area contributed by atoms with E-state index in [1.54, 1.807) is 31.3 Å². The molecular formula is C19H18ClN3O2S. The average Bonchev–Trinajstić information content (AvgIpc) is 2.62. The molecule has 0 atom stereocenters. The van der Waals surface area contributed by atoms with Crippen LogP contribution in [0.2, 0.25) is 5.02 Å². The Kier molecular flexibility index (Phi) is 7.32. The van der Waals surface area contributed by atoms with Crippen molar-refractivity contribution in [2.75, 3.05) is 12.4 Å². The van der Waals surface area contributed by atoms with Gasteiger partial charge in [-0.15, -0.1) is 0 Å². The fourth-order valence-corrected chi connectivity index (χ4v) is 2.49. The van der Waals surface area contributed by atoms with Gasteiger partial charge in [0.2, 0.25) is 11.8 Å². The van der Waals surface area contributed by atoms with Crippen molar-refractivity contribution in [1.29, 1.82) is 0 Å². The third-order valence-electron chi connectivity index (χ3n) is 3.41. The number of carbonyl (C=O) groups is 2. The molecule has 7 heteroatoms. The van der Waals surface area contributed by atoms with E-state index in [1.165, 1.54) is 6.08 Å². The summed E-state index contributed by atoms with van der Waals surface area (Å²) in [5.41, 5.74) is 2.34. The minimum absolute atomic E-state index is 0.0567. The van der Waals surface area contributed by atoms with E-state index in [-0.39, 0.29) is 16.9 Å². The summed E-state index contributed by atoms with van der Waals surface area (Å²) < 4.78 is 0. The predicted molar refractivity (Wildman–Crippen MR) is 109 cm³/mol. The molecule has 5 nitrogen and oxygen atoms in total. The van der Waals surface area contributed by atoms with E-state index in [0.29, 0.717) is 17.1 Å². The molecule has 0 aliphatic rings. The van der Waals surface area contributed by atoms with Crippen LogP contribution >= 0.6 is 23.8 Å². The normalized spacial score (nSPS) is 10.4. The Bertz CT molecular complexity index is 835. The van der Waals surface area contributed by atoms with Crippen molar-refractivity contribution in [2.45, 2.75) is 6.42 Å². The van der Waals surface area contributed by atoms with Crippen LogP contribution in [-0.4, -0.2) is 24.0 Å². The Morgan fingerprint density at radius 2 is 1.81 bits per heavy atom. The topological polar surface area (TPSA) is 70.2 Å². The molecular weight excluding hydrogens is 370 g/mol. The van der Waals surface area contributed by atoms with Crippen LogP contribution < -0.4 is 16.0 Å². The van der Waals surface area contributed by atoms with Gasteiger partial charge in [-0.05, 0) is 47.6 Å². The van der Waals surface area contributed by atoms with Gasteiger partial charge in [0, 0.05) is 23.8 Å². The average molecular weight is 388 g/mol. The lowest BCUT2D eigenvalue weighted by Gasteiger charge is -2.09. The van der Waals surface area contributed by atoms with Crippen LogP contribution in [0.1, 0.15) is 11.1 Å². The molecule has 26 heavy (non-hydrogen) atoms. The second-order valence-corrected chi connectivity index (χ2v) is 6.16. The van der Waals surface area contributed by atoms with Gasteiger partial charge in [-0.25, -0.2) is 0 Å². The highest BCUT2D eigenvalue weighted by Crippen LogP contribution is 2.16. The predicted octanol–water partition coefficient (Wildman–Crippen LogP) is 3.15. The SMILES string of the molecule is CNC(=O)Cc1ccc(NC(=S)NC(=O)/C=C/c2ccccc2Cl)cc1. The molecule has 0 saturated carbocycles. The fraction of sp³-hybridized carbons (Fsp3) is 0.105. The van der Waals surface area contributed by atoms with Gasteiger partial charge in [-0.1, -0.05) is 41.9 Å². The monoisotopic (exact) mass is 387 g/mol. The molecule has 0 saturated heterocycles. The molecule has 0 bridgehead atoms. The minimum Gasteiger partial charge on any atom is -0.359 e. The van der Waals surface area contributed by atoms with E-state index >= 15 is 0 Å². The second kappa shape index (κ2) is 9.70. The number of hydrogen-bond donors (Lipinski definition) is 3. The summed E-state index contributed by atoms with van der Waals surface area (Å²) in [5, 5.41) is 8.79. The largest absolute Gasteiger partial charge is 0.359 e. The van der Waals surface area contributed by atoms with Crippen LogP contribution in [0, 0.1) is 0 Å². The number of hydrogen-bond acceptors (Lipinski definition) is 3. The zero-order valence-electron chi connectivity index (χ0n) is 14.1. The number of likely N-dealkylation sites (N-methyl/N-ethyl adjacent to an activating group) is 1. The molecule has 0 radical (unpaired) electrons. The standard InChI is InChI=1S/C19H18ClN3O2S/c1-21-18(25)12-13-6-9-15(10-7-13)22-19(26)23-17(24)11-8-14-4-2-3-5-16(14)20/h2-11H,12H2,1H3,(H,21,25)(H2,22,23,24,26)/b11-8+. The number of amides is 2. The minimum atomic E-state index is -0.362. The summed E-state index contributed by atoms with van der Waals surface area (Å²) in [6, 6.07) is 14.4.